The van der Waals surface area contributed by atoms with Crippen molar-refractivity contribution in [3.8, 4) is 5.75 Å². The van der Waals surface area contributed by atoms with Crippen molar-refractivity contribution >= 4 is 5.91 Å². The second-order valence-electron chi connectivity index (χ2n) is 6.98. The fourth-order valence-corrected chi connectivity index (χ4v) is 3.59. The molecule has 2 aliphatic carbocycles. The summed E-state index contributed by atoms with van der Waals surface area (Å²) in [4.78, 5) is 19.1. The molecular weight excluding hydrogens is 300 g/mol. The van der Waals surface area contributed by atoms with E-state index in [1.807, 2.05) is 41.3 Å². The van der Waals surface area contributed by atoms with Crippen molar-refractivity contribution in [2.24, 2.45) is 11.3 Å². The van der Waals surface area contributed by atoms with Gasteiger partial charge >= 0.3 is 0 Å². The van der Waals surface area contributed by atoms with Crippen molar-refractivity contribution in [3.05, 3.63) is 59.9 Å². The number of rotatable bonds is 6. The largest absolute Gasteiger partial charge is 0.496 e. The number of methoxy groups -OCH3 is 1. The Bertz CT molecular complexity index is 740. The van der Waals surface area contributed by atoms with Crippen LogP contribution in [0.25, 0.3) is 0 Å². The van der Waals surface area contributed by atoms with Gasteiger partial charge in [0.2, 0.25) is 5.91 Å². The summed E-state index contributed by atoms with van der Waals surface area (Å²) in [5, 5.41) is 0. The van der Waals surface area contributed by atoms with Crippen molar-refractivity contribution < 1.29 is 9.53 Å². The van der Waals surface area contributed by atoms with Crippen LogP contribution in [-0.4, -0.2) is 22.9 Å². The molecule has 0 aliphatic heterocycles. The third-order valence-corrected chi connectivity index (χ3v) is 5.37. The van der Waals surface area contributed by atoms with Gasteiger partial charge in [0.1, 0.15) is 5.75 Å². The molecule has 0 N–H and O–H groups in total. The smallest absolute Gasteiger partial charge is 0.226 e. The lowest BCUT2D eigenvalue weighted by Crippen LogP contribution is -2.32. The van der Waals surface area contributed by atoms with E-state index in [0.29, 0.717) is 18.5 Å². The van der Waals surface area contributed by atoms with E-state index in [1.165, 1.54) is 12.8 Å². The molecule has 124 valence electrons. The summed E-state index contributed by atoms with van der Waals surface area (Å²) in [5.41, 5.74) is 2.53. The Hall–Kier alpha value is -2.36. The van der Waals surface area contributed by atoms with Crippen molar-refractivity contribution in [2.75, 3.05) is 7.11 Å². The molecule has 0 saturated heterocycles. The van der Waals surface area contributed by atoms with Crippen LogP contribution < -0.4 is 4.74 Å². The fraction of sp³-hybridized carbons (Fsp3) is 0.400. The summed E-state index contributed by atoms with van der Waals surface area (Å²) >= 11 is 0. The van der Waals surface area contributed by atoms with Crippen LogP contribution in [0.2, 0.25) is 0 Å². The van der Waals surface area contributed by atoms with Gasteiger partial charge in [-0.2, -0.15) is 0 Å². The first-order valence-electron chi connectivity index (χ1n) is 8.51. The zero-order valence-electron chi connectivity index (χ0n) is 13.9. The molecule has 1 aromatic heterocycles. The highest BCUT2D eigenvalue weighted by Crippen LogP contribution is 2.71. The molecule has 0 radical (unpaired) electrons. The number of hydrogen-bond acceptors (Lipinski definition) is 3. The molecule has 4 nitrogen and oxygen atoms in total. The zero-order chi connectivity index (χ0) is 16.6. The quantitative estimate of drug-likeness (QED) is 0.818. The van der Waals surface area contributed by atoms with Crippen molar-refractivity contribution in [1.29, 1.82) is 0 Å². The van der Waals surface area contributed by atoms with E-state index in [4.69, 9.17) is 4.74 Å². The molecule has 1 amide bonds. The molecule has 1 spiro atoms. The first-order valence-corrected chi connectivity index (χ1v) is 8.51. The Morgan fingerprint density at radius 1 is 1.21 bits per heavy atom. The molecule has 1 heterocycles. The van der Waals surface area contributed by atoms with Gasteiger partial charge in [0.05, 0.1) is 7.11 Å². The Morgan fingerprint density at radius 2 is 1.96 bits per heavy atom. The summed E-state index contributed by atoms with van der Waals surface area (Å²) in [5.74, 6) is 1.35. The van der Waals surface area contributed by atoms with Crippen LogP contribution in [0.5, 0.6) is 5.75 Å². The number of nitrogens with zero attached hydrogens (tertiary/aromatic N) is 2. The molecule has 0 bridgehead atoms. The Morgan fingerprint density at radius 3 is 2.62 bits per heavy atom. The summed E-state index contributed by atoms with van der Waals surface area (Å²) in [6.45, 7) is 1.20. The minimum absolute atomic E-state index is 0.231. The second-order valence-corrected chi connectivity index (χ2v) is 6.98. The van der Waals surface area contributed by atoms with E-state index in [9.17, 15) is 4.79 Å². The van der Waals surface area contributed by atoms with Gasteiger partial charge in [0, 0.05) is 37.0 Å². The van der Waals surface area contributed by atoms with E-state index in [-0.39, 0.29) is 11.8 Å². The molecule has 0 unspecified atom stereocenters. The molecule has 4 rings (SSSR count). The molecule has 2 fully saturated rings. The maximum Gasteiger partial charge on any atom is 0.226 e. The van der Waals surface area contributed by atoms with Crippen LogP contribution in [0.3, 0.4) is 0 Å². The predicted molar refractivity (Wildman–Crippen MR) is 91.3 cm³/mol. The molecular formula is C20H22N2O2. The first kappa shape index (κ1) is 15.2. The van der Waals surface area contributed by atoms with Crippen LogP contribution in [0.1, 0.15) is 30.4 Å². The molecule has 1 atom stereocenters. The molecule has 24 heavy (non-hydrogen) atoms. The van der Waals surface area contributed by atoms with Gasteiger partial charge < -0.3 is 9.64 Å². The molecule has 2 aromatic rings. The maximum absolute atomic E-state index is 13.0. The number of pyridine rings is 1. The van der Waals surface area contributed by atoms with E-state index in [2.05, 4.69) is 4.98 Å². The first-order chi connectivity index (χ1) is 11.7. The highest BCUT2D eigenvalue weighted by Gasteiger charge is 2.66. The Labute approximate surface area is 142 Å². The number of ether oxygens (including phenoxy) is 1. The highest BCUT2D eigenvalue weighted by atomic mass is 16.5. The minimum Gasteiger partial charge on any atom is -0.496 e. The van der Waals surface area contributed by atoms with Crippen LogP contribution in [0, 0.1) is 11.3 Å². The molecule has 1 aromatic carbocycles. The number of benzene rings is 1. The average molecular weight is 322 g/mol. The van der Waals surface area contributed by atoms with E-state index in [0.717, 1.165) is 23.3 Å². The Balaban J connectivity index is 1.56. The van der Waals surface area contributed by atoms with Gasteiger partial charge in [-0.3, -0.25) is 9.78 Å². The lowest BCUT2D eigenvalue weighted by Gasteiger charge is -2.24. The van der Waals surface area contributed by atoms with Crippen molar-refractivity contribution in [1.82, 2.24) is 9.88 Å². The predicted octanol–water partition coefficient (Wildman–Crippen LogP) is 3.42. The third-order valence-electron chi connectivity index (χ3n) is 5.37. The van der Waals surface area contributed by atoms with Gasteiger partial charge in [-0.05, 0) is 48.4 Å². The SMILES string of the molecule is COc1ccccc1CN(Cc1ccncc1)C(=O)[C@H]1CC12CC2. The van der Waals surface area contributed by atoms with Crippen LogP contribution in [0.15, 0.2) is 48.8 Å². The van der Waals surface area contributed by atoms with Crippen LogP contribution in [-0.2, 0) is 17.9 Å². The third kappa shape index (κ3) is 2.88. The topological polar surface area (TPSA) is 42.4 Å². The number of carbonyl (C=O) groups is 1. The minimum atomic E-state index is 0.231. The molecule has 2 saturated carbocycles. The number of carbonyl (C=O) groups excluding carboxylic acids is 1. The number of hydrogen-bond donors (Lipinski definition) is 0. The Kier molecular flexibility index (Phi) is 3.75. The van der Waals surface area contributed by atoms with Gasteiger partial charge in [-0.25, -0.2) is 0 Å². The molecule has 4 heteroatoms. The lowest BCUT2D eigenvalue weighted by molar-refractivity contribution is -0.134. The van der Waals surface area contributed by atoms with E-state index < -0.39 is 0 Å². The fourth-order valence-electron chi connectivity index (χ4n) is 3.59. The van der Waals surface area contributed by atoms with E-state index in [1.54, 1.807) is 19.5 Å². The lowest BCUT2D eigenvalue weighted by atomic mass is 10.1. The van der Waals surface area contributed by atoms with Gasteiger partial charge in [0.15, 0.2) is 0 Å². The summed E-state index contributed by atoms with van der Waals surface area (Å²) in [6.07, 6.45) is 7.08. The van der Waals surface area contributed by atoms with Crippen LogP contribution >= 0.6 is 0 Å². The van der Waals surface area contributed by atoms with Gasteiger partial charge in [0.25, 0.3) is 0 Å². The highest BCUT2D eigenvalue weighted by molar-refractivity contribution is 5.83. The van der Waals surface area contributed by atoms with Crippen molar-refractivity contribution in [3.63, 3.8) is 0 Å². The number of para-hydroxylation sites is 1. The maximum atomic E-state index is 13.0. The standard InChI is InChI=1S/C20H22N2O2/c1-24-18-5-3-2-4-16(18)14-22(13-15-6-10-21-11-7-15)19(23)17-12-20(17)8-9-20/h2-7,10-11,17H,8-9,12-14H2,1H3/t17-/m1/s1. The zero-order valence-corrected chi connectivity index (χ0v) is 13.9. The normalized spacial score (nSPS) is 19.8. The number of amides is 1. The monoisotopic (exact) mass is 322 g/mol. The van der Waals surface area contributed by atoms with Gasteiger partial charge in [-0.15, -0.1) is 0 Å². The van der Waals surface area contributed by atoms with Crippen LogP contribution in [0.4, 0.5) is 0 Å². The number of aromatic nitrogens is 1. The van der Waals surface area contributed by atoms with Gasteiger partial charge in [-0.1, -0.05) is 18.2 Å². The average Bonchev–Trinajstić information content (AvgIpc) is 3.55. The van der Waals surface area contributed by atoms with E-state index >= 15 is 0 Å². The second kappa shape index (κ2) is 5.93. The molecule has 2 aliphatic rings. The summed E-state index contributed by atoms with van der Waals surface area (Å²) in [6, 6.07) is 11.9. The summed E-state index contributed by atoms with van der Waals surface area (Å²) < 4.78 is 5.46. The van der Waals surface area contributed by atoms with Crippen molar-refractivity contribution in [2.45, 2.75) is 32.4 Å². The summed E-state index contributed by atoms with van der Waals surface area (Å²) in [7, 11) is 1.67.